The summed E-state index contributed by atoms with van der Waals surface area (Å²) < 4.78 is 5.06. The Kier molecular flexibility index (Phi) is 4.42. The van der Waals surface area contributed by atoms with Gasteiger partial charge in [-0.3, -0.25) is 4.79 Å². The third-order valence-corrected chi connectivity index (χ3v) is 5.66. The zero-order valence-corrected chi connectivity index (χ0v) is 13.5. The molecule has 3 heteroatoms. The molecule has 1 spiro atoms. The van der Waals surface area contributed by atoms with E-state index in [4.69, 9.17) is 10.5 Å². The average molecular weight is 301 g/mol. The van der Waals surface area contributed by atoms with Crippen LogP contribution in [0.2, 0.25) is 0 Å². The Morgan fingerprint density at radius 1 is 1.23 bits per heavy atom. The molecule has 0 atom stereocenters. The predicted molar refractivity (Wildman–Crippen MR) is 88.5 cm³/mol. The van der Waals surface area contributed by atoms with Crippen LogP contribution >= 0.6 is 0 Å². The number of esters is 1. The van der Waals surface area contributed by atoms with E-state index < -0.39 is 0 Å². The quantitative estimate of drug-likeness (QED) is 0.667. The van der Waals surface area contributed by atoms with Gasteiger partial charge in [0.05, 0.1) is 6.61 Å². The van der Waals surface area contributed by atoms with E-state index in [2.05, 4.69) is 12.1 Å². The summed E-state index contributed by atoms with van der Waals surface area (Å²) in [7, 11) is 0. The molecule has 3 rings (SSSR count). The molecule has 2 N–H and O–H groups in total. The van der Waals surface area contributed by atoms with E-state index in [1.165, 1.54) is 44.1 Å². The third kappa shape index (κ3) is 3.29. The van der Waals surface area contributed by atoms with Crippen molar-refractivity contribution in [2.75, 3.05) is 12.3 Å². The van der Waals surface area contributed by atoms with Crippen molar-refractivity contribution in [3.05, 3.63) is 29.8 Å². The van der Waals surface area contributed by atoms with E-state index in [0.717, 1.165) is 5.69 Å². The summed E-state index contributed by atoms with van der Waals surface area (Å²) in [6.45, 7) is 2.37. The summed E-state index contributed by atoms with van der Waals surface area (Å²) in [6, 6.07) is 8.39. The fourth-order valence-corrected chi connectivity index (χ4v) is 4.50. The van der Waals surface area contributed by atoms with E-state index in [-0.39, 0.29) is 5.97 Å². The minimum atomic E-state index is -0.0158. The lowest BCUT2D eigenvalue weighted by Gasteiger charge is -2.51. The summed E-state index contributed by atoms with van der Waals surface area (Å²) >= 11 is 0. The number of hydrogen-bond acceptors (Lipinski definition) is 3. The van der Waals surface area contributed by atoms with Crippen LogP contribution in [0.3, 0.4) is 0 Å². The zero-order chi connectivity index (χ0) is 15.6. The van der Waals surface area contributed by atoms with Crippen molar-refractivity contribution in [2.24, 2.45) is 11.3 Å². The molecule has 2 fully saturated rings. The first kappa shape index (κ1) is 15.4. The average Bonchev–Trinajstić information content (AvgIpc) is 2.48. The lowest BCUT2D eigenvalue weighted by molar-refractivity contribution is -0.146. The Balaban J connectivity index is 1.47. The fraction of sp³-hybridized carbons (Fsp3) is 0.632. The standard InChI is InChI=1S/C19H27NO2/c1-2-22-18(21)11-14-12-19(13-14)9-7-16(8-10-19)15-3-5-17(20)6-4-15/h3-6,14,16H,2,7-13,20H2,1H3. The molecule has 2 saturated carbocycles. The molecular formula is C19H27NO2. The highest BCUT2D eigenvalue weighted by Crippen LogP contribution is 2.57. The van der Waals surface area contributed by atoms with Gasteiger partial charge < -0.3 is 10.5 Å². The van der Waals surface area contributed by atoms with Gasteiger partial charge in [0.25, 0.3) is 0 Å². The maximum absolute atomic E-state index is 11.5. The Bertz CT molecular complexity index is 507. The number of carbonyl (C=O) groups excluding carboxylic acids is 1. The second kappa shape index (κ2) is 6.31. The molecule has 0 aliphatic heterocycles. The second-order valence-corrected chi connectivity index (χ2v) is 7.22. The van der Waals surface area contributed by atoms with Gasteiger partial charge in [0, 0.05) is 12.1 Å². The normalized spacial score (nSPS) is 30.8. The predicted octanol–water partition coefficient (Wildman–Crippen LogP) is 4.28. The van der Waals surface area contributed by atoms with Crippen LogP contribution in [-0.4, -0.2) is 12.6 Å². The largest absolute Gasteiger partial charge is 0.466 e. The Labute approximate surface area is 133 Å². The third-order valence-electron chi connectivity index (χ3n) is 5.66. The molecule has 0 bridgehead atoms. The maximum Gasteiger partial charge on any atom is 0.306 e. The van der Waals surface area contributed by atoms with Gasteiger partial charge in [-0.15, -0.1) is 0 Å². The van der Waals surface area contributed by atoms with Crippen LogP contribution in [0.1, 0.15) is 63.4 Å². The van der Waals surface area contributed by atoms with Crippen molar-refractivity contribution >= 4 is 11.7 Å². The van der Waals surface area contributed by atoms with Crippen molar-refractivity contribution in [1.29, 1.82) is 0 Å². The zero-order valence-electron chi connectivity index (χ0n) is 13.5. The molecule has 22 heavy (non-hydrogen) atoms. The van der Waals surface area contributed by atoms with Crippen LogP contribution < -0.4 is 5.73 Å². The molecule has 2 aliphatic carbocycles. The molecule has 3 nitrogen and oxygen atoms in total. The van der Waals surface area contributed by atoms with E-state index in [1.807, 2.05) is 19.1 Å². The molecule has 120 valence electrons. The smallest absolute Gasteiger partial charge is 0.306 e. The summed E-state index contributed by atoms with van der Waals surface area (Å²) in [5.41, 5.74) is 8.58. The molecule has 0 radical (unpaired) electrons. The minimum absolute atomic E-state index is 0.0158. The van der Waals surface area contributed by atoms with Crippen LogP contribution in [0.15, 0.2) is 24.3 Å². The fourth-order valence-electron chi connectivity index (χ4n) is 4.50. The summed E-state index contributed by atoms with van der Waals surface area (Å²) in [5, 5.41) is 0. The summed E-state index contributed by atoms with van der Waals surface area (Å²) in [6.07, 6.45) is 8.23. The number of benzene rings is 1. The van der Waals surface area contributed by atoms with Gasteiger partial charge in [-0.1, -0.05) is 12.1 Å². The van der Waals surface area contributed by atoms with Crippen molar-refractivity contribution in [3.8, 4) is 0 Å². The number of carbonyl (C=O) groups is 1. The number of nitrogens with two attached hydrogens (primary N) is 1. The Morgan fingerprint density at radius 3 is 2.45 bits per heavy atom. The number of nitrogen functional groups attached to an aromatic ring is 1. The van der Waals surface area contributed by atoms with E-state index >= 15 is 0 Å². The topological polar surface area (TPSA) is 52.3 Å². The highest BCUT2D eigenvalue weighted by Gasteiger charge is 2.46. The number of anilines is 1. The van der Waals surface area contributed by atoms with Crippen LogP contribution in [0.4, 0.5) is 5.69 Å². The lowest BCUT2D eigenvalue weighted by Crippen LogP contribution is -2.41. The highest BCUT2D eigenvalue weighted by atomic mass is 16.5. The van der Waals surface area contributed by atoms with E-state index in [0.29, 0.717) is 30.3 Å². The molecule has 0 unspecified atom stereocenters. The highest BCUT2D eigenvalue weighted by molar-refractivity contribution is 5.69. The molecule has 0 amide bonds. The summed E-state index contributed by atoms with van der Waals surface area (Å²) in [5.74, 6) is 1.24. The Hall–Kier alpha value is -1.51. The summed E-state index contributed by atoms with van der Waals surface area (Å²) in [4.78, 5) is 11.5. The molecular weight excluding hydrogens is 274 g/mol. The van der Waals surface area contributed by atoms with Crippen molar-refractivity contribution < 1.29 is 9.53 Å². The monoisotopic (exact) mass is 301 g/mol. The van der Waals surface area contributed by atoms with Gasteiger partial charge in [-0.25, -0.2) is 0 Å². The van der Waals surface area contributed by atoms with Gasteiger partial charge in [0.1, 0.15) is 0 Å². The number of hydrogen-bond donors (Lipinski definition) is 1. The molecule has 0 saturated heterocycles. The molecule has 0 aromatic heterocycles. The molecule has 2 aliphatic rings. The van der Waals surface area contributed by atoms with Gasteiger partial charge in [-0.2, -0.15) is 0 Å². The lowest BCUT2D eigenvalue weighted by atomic mass is 9.53. The first-order valence-electron chi connectivity index (χ1n) is 8.61. The van der Waals surface area contributed by atoms with Crippen LogP contribution in [-0.2, 0) is 9.53 Å². The van der Waals surface area contributed by atoms with Crippen LogP contribution in [0.25, 0.3) is 0 Å². The van der Waals surface area contributed by atoms with Gasteiger partial charge in [0.15, 0.2) is 0 Å². The van der Waals surface area contributed by atoms with Gasteiger partial charge >= 0.3 is 5.97 Å². The number of ether oxygens (including phenoxy) is 1. The molecule has 1 aromatic rings. The molecule has 0 heterocycles. The SMILES string of the molecule is CCOC(=O)CC1CC2(CCC(c3ccc(N)cc3)CC2)C1. The van der Waals surface area contributed by atoms with Crippen LogP contribution in [0.5, 0.6) is 0 Å². The first-order valence-corrected chi connectivity index (χ1v) is 8.61. The van der Waals surface area contributed by atoms with E-state index in [1.54, 1.807) is 0 Å². The minimum Gasteiger partial charge on any atom is -0.466 e. The first-order chi connectivity index (χ1) is 10.6. The maximum atomic E-state index is 11.5. The Morgan fingerprint density at radius 2 is 1.86 bits per heavy atom. The van der Waals surface area contributed by atoms with Crippen molar-refractivity contribution in [1.82, 2.24) is 0 Å². The van der Waals surface area contributed by atoms with Gasteiger partial charge in [0.2, 0.25) is 0 Å². The van der Waals surface area contributed by atoms with Crippen LogP contribution in [0, 0.1) is 11.3 Å². The molecule has 1 aromatic carbocycles. The van der Waals surface area contributed by atoms with Crippen molar-refractivity contribution in [2.45, 2.75) is 57.8 Å². The number of rotatable bonds is 4. The van der Waals surface area contributed by atoms with Gasteiger partial charge in [-0.05, 0) is 80.4 Å². The van der Waals surface area contributed by atoms with E-state index in [9.17, 15) is 4.79 Å². The second-order valence-electron chi connectivity index (χ2n) is 7.22. The van der Waals surface area contributed by atoms with Crippen molar-refractivity contribution in [3.63, 3.8) is 0 Å².